The minimum Gasteiger partial charge on any atom is -0.273 e. The number of hydrogen-bond donors (Lipinski definition) is 0. The van der Waals surface area contributed by atoms with Gasteiger partial charge in [-0.05, 0) is 47.8 Å². The second-order valence-electron chi connectivity index (χ2n) is 7.10. The second kappa shape index (κ2) is 7.45. The number of fused-ring (bicyclic) bond motifs is 1. The molecule has 5 rings (SSSR count). The Labute approximate surface area is 185 Å². The zero-order valence-electron chi connectivity index (χ0n) is 15.8. The number of hydroxylamine groups is 1. The van der Waals surface area contributed by atoms with Crippen molar-refractivity contribution in [2.24, 2.45) is 5.92 Å². The molecule has 0 radical (unpaired) electrons. The van der Waals surface area contributed by atoms with E-state index < -0.39 is 34.8 Å². The molecule has 0 spiro atoms. The Balaban J connectivity index is 1.52. The lowest BCUT2D eigenvalue weighted by Crippen LogP contribution is -2.37. The summed E-state index contributed by atoms with van der Waals surface area (Å²) in [7, 11) is 0. The average molecular weight is 456 g/mol. The van der Waals surface area contributed by atoms with Gasteiger partial charge in [-0.1, -0.05) is 17.7 Å². The molecule has 156 valence electrons. The Morgan fingerprint density at radius 1 is 0.968 bits per heavy atom. The third-order valence-electron chi connectivity index (χ3n) is 5.35. The van der Waals surface area contributed by atoms with E-state index in [1.807, 2.05) is 17.5 Å². The Bertz CT molecular complexity index is 1170. The van der Waals surface area contributed by atoms with Crippen molar-refractivity contribution in [3.63, 3.8) is 0 Å². The molecule has 31 heavy (non-hydrogen) atoms. The highest BCUT2D eigenvalue weighted by molar-refractivity contribution is 7.10. The molecule has 3 atom stereocenters. The number of nitrogens with zero attached hydrogens (tertiary/aromatic N) is 3. The highest BCUT2D eigenvalue weighted by atomic mass is 35.5. The van der Waals surface area contributed by atoms with E-state index in [0.717, 1.165) is 9.78 Å². The Hall–Kier alpha value is -3.27. The van der Waals surface area contributed by atoms with Crippen LogP contribution in [0.5, 0.6) is 0 Å². The van der Waals surface area contributed by atoms with Crippen molar-refractivity contribution in [1.82, 2.24) is 0 Å². The van der Waals surface area contributed by atoms with E-state index in [9.17, 15) is 19.7 Å². The molecular weight excluding hydrogens is 442 g/mol. The maximum atomic E-state index is 13.4. The molecular formula is C21H14ClN3O5S. The zero-order chi connectivity index (χ0) is 21.7. The fourth-order valence-electron chi connectivity index (χ4n) is 3.95. The maximum Gasteiger partial charge on any atom is 0.269 e. The van der Waals surface area contributed by atoms with Crippen molar-refractivity contribution >= 4 is 51.8 Å². The van der Waals surface area contributed by atoms with Gasteiger partial charge in [0, 0.05) is 22.0 Å². The Morgan fingerprint density at radius 3 is 2.26 bits per heavy atom. The van der Waals surface area contributed by atoms with Gasteiger partial charge in [0.05, 0.1) is 16.3 Å². The first-order valence-corrected chi connectivity index (χ1v) is 10.6. The van der Waals surface area contributed by atoms with E-state index in [2.05, 4.69) is 0 Å². The molecule has 0 unspecified atom stereocenters. The van der Waals surface area contributed by atoms with Crippen molar-refractivity contribution in [2.45, 2.75) is 12.1 Å². The van der Waals surface area contributed by atoms with Gasteiger partial charge < -0.3 is 0 Å². The first-order chi connectivity index (χ1) is 15.0. The fourth-order valence-corrected chi connectivity index (χ4v) is 4.93. The molecule has 3 aromatic rings. The van der Waals surface area contributed by atoms with Crippen LogP contribution in [0.4, 0.5) is 17.1 Å². The normalized spacial score (nSPS) is 22.8. The SMILES string of the molecule is O=C1[C@H]2[C@H](ON(c3ccc(Cl)cc3)[C@H]2c2cccs2)C(=O)N1c1ccc([N+](=O)[O-])cc1. The standard InChI is InChI=1S/C21H14ClN3O5S/c22-12-3-5-14(6-4-12)24-18(16-2-1-11-31-16)17-19(30-24)21(27)23(20(17)26)13-7-9-15(10-8-13)25(28)29/h1-11,17-19H/t17-,18+,19+/m1/s1. The molecule has 0 bridgehead atoms. The highest BCUT2D eigenvalue weighted by Crippen LogP contribution is 2.48. The number of nitro groups is 1. The average Bonchev–Trinajstić information content (AvgIpc) is 3.46. The molecule has 0 saturated carbocycles. The van der Waals surface area contributed by atoms with Crippen LogP contribution in [0.2, 0.25) is 5.02 Å². The van der Waals surface area contributed by atoms with E-state index in [0.29, 0.717) is 10.7 Å². The van der Waals surface area contributed by atoms with Crippen LogP contribution in [-0.4, -0.2) is 22.8 Å². The van der Waals surface area contributed by atoms with Crippen LogP contribution >= 0.6 is 22.9 Å². The molecule has 2 amide bonds. The van der Waals surface area contributed by atoms with Crippen molar-refractivity contribution in [2.75, 3.05) is 9.96 Å². The monoisotopic (exact) mass is 455 g/mol. The summed E-state index contributed by atoms with van der Waals surface area (Å²) in [6.45, 7) is 0. The Morgan fingerprint density at radius 2 is 1.65 bits per heavy atom. The number of amides is 2. The van der Waals surface area contributed by atoms with E-state index in [4.69, 9.17) is 16.4 Å². The summed E-state index contributed by atoms with van der Waals surface area (Å²) in [5, 5.41) is 15.0. The number of anilines is 2. The van der Waals surface area contributed by atoms with Gasteiger partial charge in [0.25, 0.3) is 11.6 Å². The molecule has 3 heterocycles. The molecule has 0 N–H and O–H groups in total. The molecule has 8 nitrogen and oxygen atoms in total. The predicted molar refractivity (Wildman–Crippen MR) is 115 cm³/mol. The summed E-state index contributed by atoms with van der Waals surface area (Å²) in [6, 6.07) is 15.6. The van der Waals surface area contributed by atoms with Gasteiger partial charge in [0.1, 0.15) is 12.0 Å². The van der Waals surface area contributed by atoms with Crippen LogP contribution in [0.25, 0.3) is 0 Å². The lowest BCUT2D eigenvalue weighted by atomic mass is 9.95. The van der Waals surface area contributed by atoms with Crippen LogP contribution in [-0.2, 0) is 14.4 Å². The third kappa shape index (κ3) is 3.18. The van der Waals surface area contributed by atoms with Crippen molar-refractivity contribution in [3.8, 4) is 0 Å². The van der Waals surface area contributed by atoms with Gasteiger partial charge in [-0.3, -0.25) is 24.5 Å². The third-order valence-corrected chi connectivity index (χ3v) is 6.54. The number of thiophene rings is 1. The number of rotatable bonds is 4. The number of hydrogen-bond acceptors (Lipinski definition) is 7. The fraction of sp³-hybridized carbons (Fsp3) is 0.143. The molecule has 2 fully saturated rings. The highest BCUT2D eigenvalue weighted by Gasteiger charge is 2.60. The lowest BCUT2D eigenvalue weighted by molar-refractivity contribution is -0.384. The van der Waals surface area contributed by atoms with Gasteiger partial charge in [0.2, 0.25) is 5.91 Å². The lowest BCUT2D eigenvalue weighted by Gasteiger charge is -2.27. The number of benzene rings is 2. The largest absolute Gasteiger partial charge is 0.273 e. The quantitative estimate of drug-likeness (QED) is 0.329. The summed E-state index contributed by atoms with van der Waals surface area (Å²) >= 11 is 7.47. The number of carbonyl (C=O) groups excluding carboxylic acids is 2. The Kier molecular flexibility index (Phi) is 4.73. The van der Waals surface area contributed by atoms with Gasteiger partial charge in [-0.25, -0.2) is 9.96 Å². The predicted octanol–water partition coefficient (Wildman–Crippen LogP) is 4.36. The number of halogens is 1. The van der Waals surface area contributed by atoms with Gasteiger partial charge >= 0.3 is 0 Å². The number of imide groups is 1. The molecule has 2 aliphatic rings. The van der Waals surface area contributed by atoms with Crippen molar-refractivity contribution < 1.29 is 19.3 Å². The van der Waals surface area contributed by atoms with E-state index in [-0.39, 0.29) is 11.4 Å². The smallest absolute Gasteiger partial charge is 0.269 e. The molecule has 10 heteroatoms. The van der Waals surface area contributed by atoms with Crippen molar-refractivity contribution in [3.05, 3.63) is 86.1 Å². The minimum atomic E-state index is -0.995. The zero-order valence-corrected chi connectivity index (χ0v) is 17.3. The van der Waals surface area contributed by atoms with Crippen molar-refractivity contribution in [1.29, 1.82) is 0 Å². The van der Waals surface area contributed by atoms with E-state index in [1.54, 1.807) is 29.3 Å². The molecule has 1 aromatic heterocycles. The maximum absolute atomic E-state index is 13.4. The number of nitro benzene ring substituents is 1. The minimum absolute atomic E-state index is 0.121. The molecule has 2 aliphatic heterocycles. The van der Waals surface area contributed by atoms with Gasteiger partial charge in [-0.15, -0.1) is 11.3 Å². The number of non-ortho nitro benzene ring substituents is 1. The van der Waals surface area contributed by atoms with E-state index in [1.165, 1.54) is 35.6 Å². The molecule has 0 aliphatic carbocycles. The topological polar surface area (TPSA) is 93.0 Å². The van der Waals surface area contributed by atoms with Crippen LogP contribution in [0.3, 0.4) is 0 Å². The summed E-state index contributed by atoms with van der Waals surface area (Å²) in [5.74, 6) is -1.65. The number of carbonyl (C=O) groups is 2. The summed E-state index contributed by atoms with van der Waals surface area (Å²) in [6.07, 6.45) is -0.995. The first-order valence-electron chi connectivity index (χ1n) is 9.33. The van der Waals surface area contributed by atoms with Crippen LogP contribution < -0.4 is 9.96 Å². The van der Waals surface area contributed by atoms with Crippen LogP contribution in [0.15, 0.2) is 66.0 Å². The summed E-state index contributed by atoms with van der Waals surface area (Å²) in [5.41, 5.74) is 0.839. The molecule has 2 saturated heterocycles. The summed E-state index contributed by atoms with van der Waals surface area (Å²) < 4.78 is 0. The van der Waals surface area contributed by atoms with E-state index >= 15 is 0 Å². The van der Waals surface area contributed by atoms with Gasteiger partial charge in [0.15, 0.2) is 6.10 Å². The van der Waals surface area contributed by atoms with Crippen LogP contribution in [0, 0.1) is 16.0 Å². The molecule has 2 aromatic carbocycles. The second-order valence-corrected chi connectivity index (χ2v) is 8.52. The van der Waals surface area contributed by atoms with Gasteiger partial charge in [-0.2, -0.15) is 0 Å². The van der Waals surface area contributed by atoms with Crippen LogP contribution in [0.1, 0.15) is 10.9 Å². The summed E-state index contributed by atoms with van der Waals surface area (Å²) in [4.78, 5) is 44.9. The first kappa shape index (κ1) is 19.7.